The lowest BCUT2D eigenvalue weighted by molar-refractivity contribution is -0.890. The maximum absolute atomic E-state index is 12.2. The van der Waals surface area contributed by atoms with E-state index in [4.69, 9.17) is 18.5 Å². The number of ether oxygens (including phenoxy) is 1. The van der Waals surface area contributed by atoms with Gasteiger partial charge in [0, 0.05) is 30.3 Å². The van der Waals surface area contributed by atoms with Crippen LogP contribution < -0.4 is 33.5 Å². The summed E-state index contributed by atoms with van der Waals surface area (Å²) >= 11 is 0. The summed E-state index contributed by atoms with van der Waals surface area (Å²) in [5, 5.41) is 5.01. The Kier molecular flexibility index (Phi) is 7.63. The molecule has 3 aromatic heterocycles. The Morgan fingerprint density at radius 2 is 2.06 bits per heavy atom. The molecule has 0 radical (unpaired) electrons. The van der Waals surface area contributed by atoms with Crippen LogP contribution in [0.5, 0.6) is 0 Å². The second kappa shape index (κ2) is 10.1. The van der Waals surface area contributed by atoms with E-state index in [1.807, 2.05) is 46.0 Å². The smallest absolute Gasteiger partial charge is 0.410 e. The van der Waals surface area contributed by atoms with Crippen LogP contribution in [0, 0.1) is 5.92 Å². The Morgan fingerprint density at radius 3 is 2.75 bits per heavy atom. The molecule has 32 heavy (non-hydrogen) atoms. The summed E-state index contributed by atoms with van der Waals surface area (Å²) in [5.41, 5.74) is 0.245. The van der Waals surface area contributed by atoms with Gasteiger partial charge in [0.05, 0.1) is 11.5 Å². The van der Waals surface area contributed by atoms with E-state index in [2.05, 4.69) is 10.1 Å². The number of amides is 1. The Hall–Kier alpha value is -2.37. The van der Waals surface area contributed by atoms with E-state index in [0.29, 0.717) is 49.5 Å². The van der Waals surface area contributed by atoms with Gasteiger partial charge >= 0.3 is 6.09 Å². The maximum Gasteiger partial charge on any atom is 0.410 e. The van der Waals surface area contributed by atoms with E-state index in [1.54, 1.807) is 15.8 Å². The van der Waals surface area contributed by atoms with Gasteiger partial charge in [0.25, 0.3) is 5.89 Å². The molecule has 0 spiro atoms. The molecule has 4 rings (SSSR count). The molecular weight excluding hydrogens is 527 g/mol. The van der Waals surface area contributed by atoms with Gasteiger partial charge in [-0.1, -0.05) is 5.16 Å². The maximum atomic E-state index is 12.2. The number of hydrogen-bond donors (Lipinski definition) is 0. The topological polar surface area (TPSA) is 94.7 Å². The quantitative estimate of drug-likeness (QED) is 0.332. The van der Waals surface area contributed by atoms with Gasteiger partial charge in [-0.25, -0.2) is 4.79 Å². The van der Waals surface area contributed by atoms with Crippen molar-refractivity contribution in [2.45, 2.75) is 52.6 Å². The minimum atomic E-state index is -0.477. The number of carbonyl (C=O) groups excluding carboxylic acids is 1. The van der Waals surface area contributed by atoms with Crippen LogP contribution in [0.15, 0.2) is 33.5 Å². The summed E-state index contributed by atoms with van der Waals surface area (Å²) in [5.74, 6) is 1.93. The van der Waals surface area contributed by atoms with E-state index in [-0.39, 0.29) is 30.1 Å². The molecule has 1 aliphatic heterocycles. The molecule has 1 saturated heterocycles. The fourth-order valence-corrected chi connectivity index (χ4v) is 3.65. The number of nitrogens with zero attached hydrogens (tertiary/aromatic N) is 4. The summed E-state index contributed by atoms with van der Waals surface area (Å²) in [7, 11) is 0. The second-order valence-electron chi connectivity index (χ2n) is 8.78. The summed E-state index contributed by atoms with van der Waals surface area (Å²) in [6.07, 6.45) is 5.86. The monoisotopic (exact) mass is 556 g/mol. The summed E-state index contributed by atoms with van der Waals surface area (Å²) in [6.45, 7) is 9.49. The molecule has 0 aliphatic carbocycles. The molecule has 0 saturated carbocycles. The van der Waals surface area contributed by atoms with Crippen molar-refractivity contribution >= 4 is 17.1 Å². The van der Waals surface area contributed by atoms with E-state index >= 15 is 0 Å². The molecule has 0 aromatic carbocycles. The second-order valence-corrected chi connectivity index (χ2v) is 8.78. The zero-order valence-electron chi connectivity index (χ0n) is 18.8. The Balaban J connectivity index is 0.00000289. The first kappa shape index (κ1) is 24.3. The van der Waals surface area contributed by atoms with Crippen LogP contribution in [-0.2, 0) is 11.2 Å². The van der Waals surface area contributed by atoms with Crippen LogP contribution in [0.3, 0.4) is 0 Å². The van der Waals surface area contributed by atoms with Crippen LogP contribution in [-0.4, -0.2) is 46.4 Å². The van der Waals surface area contributed by atoms with Gasteiger partial charge < -0.3 is 42.6 Å². The summed E-state index contributed by atoms with van der Waals surface area (Å²) in [6, 6.07) is 3.70. The number of aromatic nitrogens is 3. The summed E-state index contributed by atoms with van der Waals surface area (Å²) in [4.78, 5) is 24.0. The number of piperidine rings is 1. The molecule has 0 atom stereocenters. The van der Waals surface area contributed by atoms with Gasteiger partial charge in [-0.15, -0.1) is 0 Å². The highest BCUT2D eigenvalue weighted by Crippen LogP contribution is 2.27. The molecule has 0 unspecified atom stereocenters. The molecule has 0 bridgehead atoms. The lowest BCUT2D eigenvalue weighted by Gasteiger charge is -2.33. The van der Waals surface area contributed by atoms with Crippen molar-refractivity contribution in [3.05, 3.63) is 30.4 Å². The van der Waals surface area contributed by atoms with Crippen molar-refractivity contribution in [1.82, 2.24) is 15.0 Å². The van der Waals surface area contributed by atoms with Gasteiger partial charge in [0.1, 0.15) is 11.2 Å². The number of hydrogen-bond acceptors (Lipinski definition) is 7. The van der Waals surface area contributed by atoms with Crippen LogP contribution >= 0.6 is 0 Å². The number of halogens is 1. The molecule has 1 fully saturated rings. The van der Waals surface area contributed by atoms with Crippen LogP contribution in [0.4, 0.5) is 4.79 Å². The van der Waals surface area contributed by atoms with Gasteiger partial charge in [-0.3, -0.25) is 4.84 Å². The Morgan fingerprint density at radius 1 is 1.31 bits per heavy atom. The average molecular weight is 556 g/mol. The molecule has 174 valence electrons. The molecule has 4 heterocycles. The fourth-order valence-electron chi connectivity index (χ4n) is 3.65. The fraction of sp³-hybridized carbons (Fsp3) is 0.545. The molecule has 0 N–H and O–H groups in total. The zero-order valence-corrected chi connectivity index (χ0v) is 21.0. The lowest BCUT2D eigenvalue weighted by atomic mass is 9.93. The van der Waals surface area contributed by atoms with Crippen LogP contribution in [0.25, 0.3) is 22.6 Å². The first-order valence-corrected chi connectivity index (χ1v) is 10.7. The number of rotatable bonds is 5. The van der Waals surface area contributed by atoms with Gasteiger partial charge in [-0.2, -0.15) is 4.98 Å². The molecule has 3 aromatic rings. The lowest BCUT2D eigenvalue weighted by Crippen LogP contribution is -3.00. The Labute approximate surface area is 204 Å². The minimum absolute atomic E-state index is 0. The third kappa shape index (κ3) is 5.90. The zero-order chi connectivity index (χ0) is 22.0. The van der Waals surface area contributed by atoms with Gasteiger partial charge in [-0.05, 0) is 46.5 Å². The number of fused-ring (bicyclic) bond motifs is 1. The van der Waals surface area contributed by atoms with E-state index in [9.17, 15) is 4.79 Å². The minimum Gasteiger partial charge on any atom is -1.00 e. The molecule has 1 aliphatic rings. The number of pyridine rings is 1. The highest BCUT2D eigenvalue weighted by Gasteiger charge is 2.28. The Bertz CT molecular complexity index is 1050. The van der Waals surface area contributed by atoms with E-state index in [1.165, 1.54) is 0 Å². The highest BCUT2D eigenvalue weighted by atomic mass is 127. The first-order valence-electron chi connectivity index (χ1n) is 10.7. The van der Waals surface area contributed by atoms with Crippen molar-refractivity contribution in [3.8, 4) is 11.7 Å². The van der Waals surface area contributed by atoms with Gasteiger partial charge in [0.2, 0.25) is 12.4 Å². The molecule has 9 nitrogen and oxygen atoms in total. The predicted octanol–water partition coefficient (Wildman–Crippen LogP) is 0.412. The van der Waals surface area contributed by atoms with Crippen molar-refractivity contribution < 1.29 is 52.0 Å². The van der Waals surface area contributed by atoms with Crippen molar-refractivity contribution in [1.29, 1.82) is 0 Å². The normalized spacial score (nSPS) is 14.9. The average Bonchev–Trinajstić information content (AvgIpc) is 3.34. The molecule has 10 heteroatoms. The van der Waals surface area contributed by atoms with Crippen LogP contribution in [0.1, 0.15) is 46.4 Å². The molecular formula is C22H29IN4O5. The highest BCUT2D eigenvalue weighted by molar-refractivity contribution is 5.79. The van der Waals surface area contributed by atoms with Crippen molar-refractivity contribution in [3.63, 3.8) is 0 Å². The van der Waals surface area contributed by atoms with Crippen LogP contribution in [0.2, 0.25) is 0 Å². The van der Waals surface area contributed by atoms with E-state index in [0.717, 1.165) is 23.8 Å². The first-order chi connectivity index (χ1) is 14.8. The largest absolute Gasteiger partial charge is 1.00 e. The predicted molar refractivity (Wildman–Crippen MR) is 111 cm³/mol. The molecule has 1 amide bonds. The summed E-state index contributed by atoms with van der Waals surface area (Å²) < 4.78 is 18.4. The number of furan rings is 1. The number of carbonyl (C=O) groups is 1. The standard InChI is InChI=1S/C22H29N4O5.HI/c1-5-28-26-11-8-17-16(14-26)13-18(29-17)20-23-19(24-31-20)12-15-6-9-25(10-7-15)21(27)30-22(2,3)4;/h8,11,13-15H,5-7,9-10,12H2,1-4H3;1H/q+1;/p-1. The van der Waals surface area contributed by atoms with Gasteiger partial charge in [0.15, 0.2) is 18.2 Å². The third-order valence-corrected chi connectivity index (χ3v) is 5.12. The van der Waals surface area contributed by atoms with E-state index < -0.39 is 5.60 Å². The SMILES string of the molecule is CCO[n+]1ccc2oc(-c3nc(CC4CCN(C(=O)OC(C)(C)C)CC4)no3)cc2c1.[I-]. The van der Waals surface area contributed by atoms with Crippen molar-refractivity contribution in [2.75, 3.05) is 19.7 Å². The third-order valence-electron chi connectivity index (χ3n) is 5.12. The number of likely N-dealkylation sites (tertiary alicyclic amines) is 1. The van der Waals surface area contributed by atoms with Crippen molar-refractivity contribution in [2.24, 2.45) is 5.92 Å².